The summed E-state index contributed by atoms with van der Waals surface area (Å²) in [5, 5.41) is 13.6. The summed E-state index contributed by atoms with van der Waals surface area (Å²) in [6.45, 7) is 4.52. The van der Waals surface area contributed by atoms with E-state index < -0.39 is 0 Å². The van der Waals surface area contributed by atoms with E-state index in [1.165, 1.54) is 21.9 Å². The van der Waals surface area contributed by atoms with Gasteiger partial charge in [-0.25, -0.2) is 9.97 Å². The molecule has 1 aliphatic carbocycles. The number of rotatable bonds is 8. The molecule has 0 bridgehead atoms. The largest absolute Gasteiger partial charge is 0.507 e. The highest BCUT2D eigenvalue weighted by atomic mass is 16.3. The van der Waals surface area contributed by atoms with E-state index in [0.717, 1.165) is 77.9 Å². The van der Waals surface area contributed by atoms with Crippen LogP contribution >= 0.6 is 0 Å². The van der Waals surface area contributed by atoms with Crippen LogP contribution in [0.1, 0.15) is 63.5 Å². The molecule has 0 atom stereocenters. The van der Waals surface area contributed by atoms with Gasteiger partial charge in [0.2, 0.25) is 0 Å². The van der Waals surface area contributed by atoms with E-state index >= 15 is 0 Å². The maximum absolute atomic E-state index is 11.2. The standard InChI is InChI=1S/C37H35N3O/c1-3-5-21-37(22-6-4-2)28-13-11-15-33(41)35(28)36-29(37)19-20-30(39-36)25-17-18-27-26-12-7-8-14-31(26)40(32(27)24-25)34-16-9-10-23-38-34/h7-20,23-24,41H,3-6,21-22H2,1-2H3. The number of phenols is 1. The monoisotopic (exact) mass is 537 g/mol. The summed E-state index contributed by atoms with van der Waals surface area (Å²) in [4.78, 5) is 10.0. The van der Waals surface area contributed by atoms with Crippen molar-refractivity contribution in [3.63, 3.8) is 0 Å². The van der Waals surface area contributed by atoms with Crippen LogP contribution in [0, 0.1) is 0 Å². The predicted octanol–water partition coefficient (Wildman–Crippen LogP) is 9.59. The highest BCUT2D eigenvalue weighted by Crippen LogP contribution is 2.56. The number of hydrogen-bond acceptors (Lipinski definition) is 3. The predicted molar refractivity (Wildman–Crippen MR) is 169 cm³/mol. The van der Waals surface area contributed by atoms with E-state index in [1.807, 2.05) is 30.5 Å². The molecule has 0 unspecified atom stereocenters. The topological polar surface area (TPSA) is 50.9 Å². The van der Waals surface area contributed by atoms with Gasteiger partial charge in [0.15, 0.2) is 0 Å². The van der Waals surface area contributed by atoms with Gasteiger partial charge in [0.25, 0.3) is 0 Å². The Morgan fingerprint density at radius 3 is 2.29 bits per heavy atom. The first-order valence-electron chi connectivity index (χ1n) is 15.0. The first-order chi connectivity index (χ1) is 20.2. The van der Waals surface area contributed by atoms with Crippen molar-refractivity contribution in [1.82, 2.24) is 14.5 Å². The zero-order valence-electron chi connectivity index (χ0n) is 23.8. The maximum atomic E-state index is 11.2. The van der Waals surface area contributed by atoms with Crippen LogP contribution in [0.4, 0.5) is 0 Å². The lowest BCUT2D eigenvalue weighted by molar-refractivity contribution is 0.412. The van der Waals surface area contributed by atoms with E-state index in [4.69, 9.17) is 9.97 Å². The van der Waals surface area contributed by atoms with E-state index in [0.29, 0.717) is 5.75 Å². The molecule has 3 heterocycles. The molecular weight excluding hydrogens is 502 g/mol. The molecule has 3 aromatic carbocycles. The second kappa shape index (κ2) is 10.2. The zero-order chi connectivity index (χ0) is 28.0. The molecule has 0 fully saturated rings. The fourth-order valence-corrected chi connectivity index (χ4v) is 7.01. The number of unbranched alkanes of at least 4 members (excludes halogenated alkanes) is 2. The third kappa shape index (κ3) is 3.96. The van der Waals surface area contributed by atoms with Gasteiger partial charge in [0.05, 0.1) is 22.4 Å². The minimum absolute atomic E-state index is 0.101. The van der Waals surface area contributed by atoms with Crippen molar-refractivity contribution < 1.29 is 5.11 Å². The molecule has 1 aliphatic rings. The molecule has 0 saturated heterocycles. The van der Waals surface area contributed by atoms with Crippen LogP contribution in [0.15, 0.2) is 97.2 Å². The Bertz CT molecular complexity index is 1880. The molecule has 0 saturated carbocycles. The quantitative estimate of drug-likeness (QED) is 0.210. The molecule has 4 heteroatoms. The summed E-state index contributed by atoms with van der Waals surface area (Å²) in [5.41, 5.74) is 8.47. The number of pyridine rings is 2. The summed E-state index contributed by atoms with van der Waals surface area (Å²) in [6.07, 6.45) is 8.58. The highest BCUT2D eigenvalue weighted by molar-refractivity contribution is 6.10. The van der Waals surface area contributed by atoms with Crippen LogP contribution in [-0.2, 0) is 5.41 Å². The molecule has 3 aromatic heterocycles. The molecule has 4 nitrogen and oxygen atoms in total. The van der Waals surface area contributed by atoms with Gasteiger partial charge < -0.3 is 5.11 Å². The Morgan fingerprint density at radius 2 is 1.51 bits per heavy atom. The summed E-state index contributed by atoms with van der Waals surface area (Å²) < 4.78 is 2.24. The fourth-order valence-electron chi connectivity index (χ4n) is 7.01. The molecule has 0 aliphatic heterocycles. The van der Waals surface area contributed by atoms with Gasteiger partial charge in [-0.15, -0.1) is 0 Å². The van der Waals surface area contributed by atoms with Crippen LogP contribution in [0.25, 0.3) is 50.1 Å². The van der Waals surface area contributed by atoms with Crippen LogP contribution in [0.3, 0.4) is 0 Å². The minimum atomic E-state index is -0.101. The molecule has 0 spiro atoms. The summed E-state index contributed by atoms with van der Waals surface area (Å²) >= 11 is 0. The summed E-state index contributed by atoms with van der Waals surface area (Å²) in [5.74, 6) is 1.22. The Morgan fingerprint density at radius 1 is 0.732 bits per heavy atom. The van der Waals surface area contributed by atoms with Gasteiger partial charge in [-0.3, -0.25) is 4.57 Å². The number of para-hydroxylation sites is 1. The van der Waals surface area contributed by atoms with Crippen molar-refractivity contribution in [3.05, 3.63) is 108 Å². The Labute approximate surface area is 241 Å². The number of phenolic OH excluding ortho intramolecular Hbond substituents is 1. The molecule has 41 heavy (non-hydrogen) atoms. The lowest BCUT2D eigenvalue weighted by Crippen LogP contribution is -2.25. The van der Waals surface area contributed by atoms with Crippen molar-refractivity contribution in [3.8, 4) is 34.1 Å². The average Bonchev–Trinajstić information content (AvgIpc) is 3.49. The Balaban J connectivity index is 1.43. The van der Waals surface area contributed by atoms with Crippen molar-refractivity contribution in [1.29, 1.82) is 0 Å². The smallest absolute Gasteiger partial charge is 0.137 e. The lowest BCUT2D eigenvalue weighted by Gasteiger charge is -2.32. The van der Waals surface area contributed by atoms with Crippen LogP contribution < -0.4 is 0 Å². The van der Waals surface area contributed by atoms with Crippen molar-refractivity contribution >= 4 is 21.8 Å². The first kappa shape index (κ1) is 25.5. The maximum Gasteiger partial charge on any atom is 0.137 e. The number of hydrogen-bond donors (Lipinski definition) is 1. The lowest BCUT2D eigenvalue weighted by atomic mass is 9.71. The van der Waals surface area contributed by atoms with Crippen LogP contribution in [0.5, 0.6) is 5.75 Å². The third-order valence-corrected chi connectivity index (χ3v) is 8.97. The van der Waals surface area contributed by atoms with E-state index in [1.54, 1.807) is 0 Å². The molecule has 1 N–H and O–H groups in total. The van der Waals surface area contributed by atoms with Gasteiger partial charge in [0.1, 0.15) is 11.6 Å². The number of aromatic hydroxyl groups is 1. The first-order valence-corrected chi connectivity index (χ1v) is 15.0. The van der Waals surface area contributed by atoms with Crippen LogP contribution in [-0.4, -0.2) is 19.6 Å². The van der Waals surface area contributed by atoms with E-state index in [-0.39, 0.29) is 5.41 Å². The fraction of sp³-hybridized carbons (Fsp3) is 0.243. The van der Waals surface area contributed by atoms with E-state index in [9.17, 15) is 5.11 Å². The normalized spacial score (nSPS) is 13.5. The Kier molecular flexibility index (Phi) is 6.34. The summed E-state index contributed by atoms with van der Waals surface area (Å²) in [7, 11) is 0. The average molecular weight is 538 g/mol. The molecule has 6 aromatic rings. The van der Waals surface area contributed by atoms with Crippen molar-refractivity contribution in [2.75, 3.05) is 0 Å². The molecule has 0 amide bonds. The number of aromatic nitrogens is 3. The summed E-state index contributed by atoms with van der Waals surface area (Å²) in [6, 6.07) is 31.7. The molecular formula is C37H35N3O. The SMILES string of the molecule is CCCCC1(CCCC)c2ccc(-c3ccc4c5ccccc5n(-c5ccccn5)c4c3)nc2-c2c(O)cccc21. The van der Waals surface area contributed by atoms with Gasteiger partial charge in [-0.05, 0) is 60.4 Å². The number of benzene rings is 3. The minimum Gasteiger partial charge on any atom is -0.507 e. The highest BCUT2D eigenvalue weighted by Gasteiger charge is 2.44. The second-order valence-electron chi connectivity index (χ2n) is 11.4. The van der Waals surface area contributed by atoms with Crippen molar-refractivity contribution in [2.45, 2.75) is 57.8 Å². The van der Waals surface area contributed by atoms with Gasteiger partial charge >= 0.3 is 0 Å². The molecule has 7 rings (SSSR count). The second-order valence-corrected chi connectivity index (χ2v) is 11.4. The molecule has 0 radical (unpaired) electrons. The zero-order valence-corrected chi connectivity index (χ0v) is 23.8. The third-order valence-electron chi connectivity index (χ3n) is 8.97. The van der Waals surface area contributed by atoms with Gasteiger partial charge in [0, 0.05) is 33.5 Å². The number of nitrogens with zero attached hydrogens (tertiary/aromatic N) is 3. The number of fused-ring (bicyclic) bond motifs is 6. The molecule has 204 valence electrons. The van der Waals surface area contributed by atoms with Crippen molar-refractivity contribution in [2.24, 2.45) is 0 Å². The van der Waals surface area contributed by atoms with Gasteiger partial charge in [-0.1, -0.05) is 94.1 Å². The Hall–Kier alpha value is -4.44. The van der Waals surface area contributed by atoms with Gasteiger partial charge in [-0.2, -0.15) is 0 Å². The van der Waals surface area contributed by atoms with Crippen LogP contribution in [0.2, 0.25) is 0 Å². The van der Waals surface area contributed by atoms with E-state index in [2.05, 4.69) is 85.1 Å².